The van der Waals surface area contributed by atoms with E-state index in [1.807, 2.05) is 0 Å². The number of hydrogen-bond donors (Lipinski definition) is 1. The molecule has 1 N–H and O–H groups in total. The van der Waals surface area contributed by atoms with Gasteiger partial charge in [0.2, 0.25) is 0 Å². The first-order chi connectivity index (χ1) is 7.69. The predicted octanol–water partition coefficient (Wildman–Crippen LogP) is 1.73. The van der Waals surface area contributed by atoms with Gasteiger partial charge >= 0.3 is 0 Å². The SMILES string of the molecule is CCNC(CN1CCOCC1C)C(C)CC. The quantitative estimate of drug-likeness (QED) is 0.749. The van der Waals surface area contributed by atoms with Gasteiger partial charge in [0.1, 0.15) is 0 Å². The van der Waals surface area contributed by atoms with Gasteiger partial charge in [0.25, 0.3) is 0 Å². The molecule has 0 aromatic carbocycles. The van der Waals surface area contributed by atoms with Crippen molar-refractivity contribution >= 4 is 0 Å². The van der Waals surface area contributed by atoms with Gasteiger partial charge in [0.05, 0.1) is 13.2 Å². The summed E-state index contributed by atoms with van der Waals surface area (Å²) in [6.45, 7) is 14.2. The van der Waals surface area contributed by atoms with Crippen LogP contribution in [-0.4, -0.2) is 49.8 Å². The van der Waals surface area contributed by atoms with Crippen molar-refractivity contribution in [1.82, 2.24) is 10.2 Å². The predicted molar refractivity (Wildman–Crippen MR) is 68.8 cm³/mol. The fourth-order valence-corrected chi connectivity index (χ4v) is 2.28. The molecule has 1 aliphatic heterocycles. The number of hydrogen-bond acceptors (Lipinski definition) is 3. The summed E-state index contributed by atoms with van der Waals surface area (Å²) >= 11 is 0. The molecular weight excluding hydrogens is 200 g/mol. The molecular formula is C13H28N2O. The highest BCUT2D eigenvalue weighted by atomic mass is 16.5. The maximum Gasteiger partial charge on any atom is 0.0619 e. The maximum atomic E-state index is 5.48. The lowest BCUT2D eigenvalue weighted by molar-refractivity contribution is -0.00699. The first-order valence-electron chi connectivity index (χ1n) is 6.74. The van der Waals surface area contributed by atoms with Crippen LogP contribution in [0.3, 0.4) is 0 Å². The van der Waals surface area contributed by atoms with Crippen LogP contribution in [0.5, 0.6) is 0 Å². The highest BCUT2D eigenvalue weighted by Crippen LogP contribution is 2.13. The largest absolute Gasteiger partial charge is 0.379 e. The molecule has 3 nitrogen and oxygen atoms in total. The standard InChI is InChI=1S/C13H28N2O/c1-5-11(3)13(14-6-2)9-15-7-8-16-10-12(15)4/h11-14H,5-10H2,1-4H3. The van der Waals surface area contributed by atoms with E-state index >= 15 is 0 Å². The summed E-state index contributed by atoms with van der Waals surface area (Å²) in [4.78, 5) is 2.56. The van der Waals surface area contributed by atoms with Crippen LogP contribution in [0, 0.1) is 5.92 Å². The molecule has 0 aliphatic carbocycles. The van der Waals surface area contributed by atoms with Gasteiger partial charge < -0.3 is 10.1 Å². The van der Waals surface area contributed by atoms with Crippen molar-refractivity contribution in [2.24, 2.45) is 5.92 Å². The summed E-state index contributed by atoms with van der Waals surface area (Å²) in [6, 6.07) is 1.19. The Morgan fingerprint density at radius 2 is 2.19 bits per heavy atom. The van der Waals surface area contributed by atoms with E-state index in [0.29, 0.717) is 12.1 Å². The van der Waals surface area contributed by atoms with E-state index in [2.05, 4.69) is 37.9 Å². The smallest absolute Gasteiger partial charge is 0.0619 e. The molecule has 1 saturated heterocycles. The summed E-state index contributed by atoms with van der Waals surface area (Å²) in [6.07, 6.45) is 1.25. The third kappa shape index (κ3) is 4.04. The molecule has 0 spiro atoms. The molecule has 1 heterocycles. The third-order valence-electron chi connectivity index (χ3n) is 3.73. The number of ether oxygens (including phenoxy) is 1. The summed E-state index contributed by atoms with van der Waals surface area (Å²) in [5.41, 5.74) is 0. The molecule has 3 unspecified atom stereocenters. The minimum Gasteiger partial charge on any atom is -0.379 e. The molecule has 1 rings (SSSR count). The monoisotopic (exact) mass is 228 g/mol. The van der Waals surface area contributed by atoms with E-state index in [-0.39, 0.29) is 0 Å². The topological polar surface area (TPSA) is 24.5 Å². The zero-order valence-electron chi connectivity index (χ0n) is 11.3. The van der Waals surface area contributed by atoms with Gasteiger partial charge in [-0.15, -0.1) is 0 Å². The second-order valence-corrected chi connectivity index (χ2v) is 4.97. The van der Waals surface area contributed by atoms with E-state index in [1.165, 1.54) is 6.42 Å². The molecule has 0 radical (unpaired) electrons. The van der Waals surface area contributed by atoms with Crippen LogP contribution >= 0.6 is 0 Å². The zero-order valence-corrected chi connectivity index (χ0v) is 11.3. The number of nitrogens with one attached hydrogen (secondary N) is 1. The lowest BCUT2D eigenvalue weighted by atomic mass is 9.98. The van der Waals surface area contributed by atoms with Crippen LogP contribution in [0.2, 0.25) is 0 Å². The molecule has 96 valence electrons. The Labute approximate surface area is 101 Å². The van der Waals surface area contributed by atoms with Gasteiger partial charge in [0.15, 0.2) is 0 Å². The summed E-state index contributed by atoms with van der Waals surface area (Å²) in [7, 11) is 0. The van der Waals surface area contributed by atoms with Crippen LogP contribution in [0.25, 0.3) is 0 Å². The van der Waals surface area contributed by atoms with Crippen LogP contribution in [0.1, 0.15) is 34.1 Å². The van der Waals surface area contributed by atoms with Crippen molar-refractivity contribution in [3.05, 3.63) is 0 Å². The molecule has 1 fully saturated rings. The molecule has 0 aromatic heterocycles. The number of nitrogens with zero attached hydrogens (tertiary/aromatic N) is 1. The average Bonchev–Trinajstić information content (AvgIpc) is 2.30. The Kier molecular flexibility index (Phi) is 6.32. The summed E-state index contributed by atoms with van der Waals surface area (Å²) in [5.74, 6) is 0.745. The Balaban J connectivity index is 2.45. The summed E-state index contributed by atoms with van der Waals surface area (Å²) < 4.78 is 5.48. The van der Waals surface area contributed by atoms with Gasteiger partial charge in [-0.1, -0.05) is 27.2 Å². The maximum absolute atomic E-state index is 5.48. The highest BCUT2D eigenvalue weighted by Gasteiger charge is 2.24. The van der Waals surface area contributed by atoms with Gasteiger partial charge in [-0.3, -0.25) is 4.90 Å². The average molecular weight is 228 g/mol. The number of rotatable bonds is 6. The highest BCUT2D eigenvalue weighted by molar-refractivity contribution is 4.80. The molecule has 3 atom stereocenters. The lowest BCUT2D eigenvalue weighted by Gasteiger charge is -2.37. The van der Waals surface area contributed by atoms with Gasteiger partial charge in [-0.05, 0) is 19.4 Å². The minimum absolute atomic E-state index is 0.568. The number of morpholine rings is 1. The van der Waals surface area contributed by atoms with Crippen molar-refractivity contribution < 1.29 is 4.74 Å². The molecule has 0 saturated carbocycles. The second-order valence-electron chi connectivity index (χ2n) is 4.97. The van der Waals surface area contributed by atoms with Crippen molar-refractivity contribution in [1.29, 1.82) is 0 Å². The molecule has 1 aliphatic rings. The minimum atomic E-state index is 0.568. The molecule has 0 aromatic rings. The van der Waals surface area contributed by atoms with E-state index in [1.54, 1.807) is 0 Å². The van der Waals surface area contributed by atoms with E-state index in [9.17, 15) is 0 Å². The second kappa shape index (κ2) is 7.25. The third-order valence-corrected chi connectivity index (χ3v) is 3.73. The van der Waals surface area contributed by atoms with Crippen LogP contribution < -0.4 is 5.32 Å². The van der Waals surface area contributed by atoms with Crippen LogP contribution in [0.4, 0.5) is 0 Å². The Bertz CT molecular complexity index is 187. The van der Waals surface area contributed by atoms with Crippen molar-refractivity contribution in [2.75, 3.05) is 32.8 Å². The fourth-order valence-electron chi connectivity index (χ4n) is 2.28. The van der Waals surface area contributed by atoms with Gasteiger partial charge in [-0.2, -0.15) is 0 Å². The molecule has 0 amide bonds. The fraction of sp³-hybridized carbons (Fsp3) is 1.00. The van der Waals surface area contributed by atoms with Crippen molar-refractivity contribution in [3.8, 4) is 0 Å². The first kappa shape index (κ1) is 13.9. The van der Waals surface area contributed by atoms with Crippen molar-refractivity contribution in [2.45, 2.75) is 46.2 Å². The molecule has 16 heavy (non-hydrogen) atoms. The first-order valence-corrected chi connectivity index (χ1v) is 6.74. The van der Waals surface area contributed by atoms with Crippen molar-refractivity contribution in [3.63, 3.8) is 0 Å². The Hall–Kier alpha value is -0.120. The Morgan fingerprint density at radius 1 is 1.44 bits per heavy atom. The molecule has 3 heteroatoms. The van der Waals surface area contributed by atoms with Crippen LogP contribution in [0.15, 0.2) is 0 Å². The lowest BCUT2D eigenvalue weighted by Crippen LogP contribution is -2.51. The van der Waals surface area contributed by atoms with Gasteiger partial charge in [0, 0.05) is 25.2 Å². The van der Waals surface area contributed by atoms with E-state index in [4.69, 9.17) is 4.74 Å². The van der Waals surface area contributed by atoms with Gasteiger partial charge in [-0.25, -0.2) is 0 Å². The summed E-state index contributed by atoms with van der Waals surface area (Å²) in [5, 5.41) is 3.62. The Morgan fingerprint density at radius 3 is 2.75 bits per heavy atom. The normalized spacial score (nSPS) is 26.6. The van der Waals surface area contributed by atoms with Crippen LogP contribution in [-0.2, 0) is 4.74 Å². The van der Waals surface area contributed by atoms with E-state index < -0.39 is 0 Å². The zero-order chi connectivity index (χ0) is 12.0. The van der Waals surface area contributed by atoms with E-state index in [0.717, 1.165) is 38.8 Å². The number of likely N-dealkylation sites (N-methyl/N-ethyl adjacent to an activating group) is 1. The molecule has 0 bridgehead atoms.